The highest BCUT2D eigenvalue weighted by Crippen LogP contribution is 2.46. The Bertz CT molecular complexity index is 1620. The Morgan fingerprint density at radius 2 is 1.42 bits per heavy atom. The number of piperazine rings is 1. The highest BCUT2D eigenvalue weighted by Gasteiger charge is 2.44. The molecule has 0 atom stereocenters. The molecule has 0 radical (unpaired) electrons. The summed E-state index contributed by atoms with van der Waals surface area (Å²) in [4.78, 5) is 47.4. The van der Waals surface area contributed by atoms with E-state index in [1.807, 2.05) is 6.07 Å². The van der Waals surface area contributed by atoms with E-state index in [4.69, 9.17) is 0 Å². The molecule has 3 aromatic heterocycles. The summed E-state index contributed by atoms with van der Waals surface area (Å²) >= 11 is 0. The fourth-order valence-electron chi connectivity index (χ4n) is 7.25. The van der Waals surface area contributed by atoms with Crippen LogP contribution in [0.25, 0.3) is 0 Å². The lowest BCUT2D eigenvalue weighted by molar-refractivity contribution is -0.153. The van der Waals surface area contributed by atoms with Crippen molar-refractivity contribution < 1.29 is 23.5 Å². The number of nitrogens with zero attached hydrogens (tertiary/aromatic N) is 11. The van der Waals surface area contributed by atoms with Gasteiger partial charge in [0.05, 0.1) is 13.1 Å². The van der Waals surface area contributed by atoms with Crippen molar-refractivity contribution in [3.05, 3.63) is 79.2 Å². The molecule has 0 bridgehead atoms. The minimum atomic E-state index is -1.70. The number of benzene rings is 1. The van der Waals surface area contributed by atoms with E-state index in [1.165, 1.54) is 58.5 Å². The molecule has 4 aromatic rings. The average molecular weight is 692 g/mol. The van der Waals surface area contributed by atoms with Crippen LogP contribution in [-0.2, 0) is 28.3 Å². The zero-order valence-electron chi connectivity index (χ0n) is 28.0. The van der Waals surface area contributed by atoms with Crippen LogP contribution in [0.15, 0.2) is 62.0 Å². The number of imide groups is 1. The van der Waals surface area contributed by atoms with E-state index in [2.05, 4.69) is 39.9 Å². The van der Waals surface area contributed by atoms with Gasteiger partial charge in [-0.05, 0) is 49.8 Å². The predicted molar refractivity (Wildman–Crippen MR) is 177 cm³/mol. The molecule has 7 rings (SSSR count). The SMILES string of the molecule is O=C1CC2(CCCC2)CC(=O)N1CCCCN1CCN(c2ncccn2)CC1.OC(Cn1cncn1)(Cn1cncn1)c1ccc(F)cc1F. The highest BCUT2D eigenvalue weighted by atomic mass is 19.1. The van der Waals surface area contributed by atoms with Gasteiger partial charge in [-0.15, -0.1) is 0 Å². The van der Waals surface area contributed by atoms with Crippen LogP contribution in [0.3, 0.4) is 0 Å². The van der Waals surface area contributed by atoms with Crippen molar-refractivity contribution in [2.24, 2.45) is 5.41 Å². The Morgan fingerprint density at radius 3 is 1.98 bits per heavy atom. The Kier molecular flexibility index (Phi) is 11.2. The molecule has 50 heavy (non-hydrogen) atoms. The van der Waals surface area contributed by atoms with Gasteiger partial charge in [-0.25, -0.2) is 38.1 Å². The normalized spacial score (nSPS) is 18.1. The number of carbonyl (C=O) groups is 2. The van der Waals surface area contributed by atoms with Crippen LogP contribution in [0.2, 0.25) is 0 Å². The number of piperidine rings is 1. The second-order valence-corrected chi connectivity index (χ2v) is 13.4. The predicted octanol–water partition coefficient (Wildman–Crippen LogP) is 2.82. The summed E-state index contributed by atoms with van der Waals surface area (Å²) in [5.74, 6) is -0.624. The van der Waals surface area contributed by atoms with Gasteiger partial charge < -0.3 is 10.0 Å². The van der Waals surface area contributed by atoms with E-state index in [1.54, 1.807) is 12.4 Å². The van der Waals surface area contributed by atoms with Crippen molar-refractivity contribution in [1.29, 1.82) is 0 Å². The molecule has 1 saturated carbocycles. The number of hydrogen-bond donors (Lipinski definition) is 1. The molecule has 3 fully saturated rings. The fraction of sp³-hybridized carbons (Fsp3) is 0.529. The first kappa shape index (κ1) is 35.1. The van der Waals surface area contributed by atoms with Crippen molar-refractivity contribution in [2.75, 3.05) is 44.2 Å². The van der Waals surface area contributed by atoms with Crippen molar-refractivity contribution >= 4 is 17.8 Å². The smallest absolute Gasteiger partial charge is 0.229 e. The second kappa shape index (κ2) is 15.9. The van der Waals surface area contributed by atoms with Gasteiger partial charge in [-0.1, -0.05) is 18.9 Å². The number of aromatic nitrogens is 8. The molecule has 2 aliphatic heterocycles. The first-order chi connectivity index (χ1) is 24.2. The third-order valence-corrected chi connectivity index (χ3v) is 9.84. The Balaban J connectivity index is 0.000000178. The van der Waals surface area contributed by atoms with Gasteiger partial charge in [0.25, 0.3) is 0 Å². The molecule has 5 heterocycles. The first-order valence-corrected chi connectivity index (χ1v) is 17.1. The lowest BCUT2D eigenvalue weighted by Gasteiger charge is -2.37. The Morgan fingerprint density at radius 1 is 0.820 bits per heavy atom. The standard InChI is InChI=1S/C21H31N5O2.C13H12F2N6O/c27-18-16-21(6-1-2-7-21)17-19(28)26(18)11-4-3-10-24-12-14-25(15-13-24)20-22-8-5-9-23-20;14-10-1-2-11(12(15)3-10)13(22,4-20-8-16-6-18-20)5-21-9-17-7-19-21/h5,8-9H,1-4,6-7,10-17H2;1-3,6-9,22H,4-5H2. The average Bonchev–Trinajstić information content (AvgIpc) is 3.90. The topological polar surface area (TPSA) is 151 Å². The van der Waals surface area contributed by atoms with Crippen molar-refractivity contribution in [3.63, 3.8) is 0 Å². The number of carbonyl (C=O) groups excluding carboxylic acids is 2. The number of amides is 2. The Hall–Kier alpha value is -4.70. The monoisotopic (exact) mass is 691 g/mol. The van der Waals surface area contributed by atoms with E-state index in [0.717, 1.165) is 76.5 Å². The van der Waals surface area contributed by atoms with E-state index < -0.39 is 17.2 Å². The van der Waals surface area contributed by atoms with Crippen molar-refractivity contribution in [2.45, 2.75) is 70.1 Å². The molecule has 1 N–H and O–H groups in total. The van der Waals surface area contributed by atoms with Gasteiger partial charge in [0.15, 0.2) is 0 Å². The number of aliphatic hydroxyl groups is 1. The number of anilines is 1. The molecule has 1 spiro atoms. The lowest BCUT2D eigenvalue weighted by Crippen LogP contribution is -2.48. The maximum atomic E-state index is 14.1. The zero-order valence-corrected chi connectivity index (χ0v) is 28.0. The van der Waals surface area contributed by atoms with Crippen LogP contribution in [0, 0.1) is 17.0 Å². The number of halogens is 2. The van der Waals surface area contributed by atoms with Gasteiger partial charge in [0.2, 0.25) is 17.8 Å². The molecular formula is C34H43F2N11O3. The van der Waals surface area contributed by atoms with E-state index in [9.17, 15) is 23.5 Å². The van der Waals surface area contributed by atoms with Gasteiger partial charge in [-0.3, -0.25) is 19.4 Å². The maximum absolute atomic E-state index is 14.1. The number of likely N-dealkylation sites (tertiary alicyclic amines) is 1. The van der Waals surface area contributed by atoms with Crippen LogP contribution in [0.1, 0.15) is 56.9 Å². The summed E-state index contributed by atoms with van der Waals surface area (Å²) < 4.78 is 29.9. The number of rotatable bonds is 11. The molecular weight excluding hydrogens is 648 g/mol. The third-order valence-electron chi connectivity index (χ3n) is 9.84. The molecule has 14 nitrogen and oxygen atoms in total. The van der Waals surface area contributed by atoms with E-state index in [-0.39, 0.29) is 35.9 Å². The molecule has 2 saturated heterocycles. The van der Waals surface area contributed by atoms with Crippen LogP contribution in [0.5, 0.6) is 0 Å². The van der Waals surface area contributed by atoms with Crippen molar-refractivity contribution in [1.82, 2.24) is 49.3 Å². The minimum Gasteiger partial charge on any atom is -0.381 e. The summed E-state index contributed by atoms with van der Waals surface area (Å²) in [6, 6.07) is 4.86. The van der Waals surface area contributed by atoms with Crippen LogP contribution >= 0.6 is 0 Å². The molecule has 3 aliphatic rings. The summed E-state index contributed by atoms with van der Waals surface area (Å²) in [5, 5.41) is 18.8. The summed E-state index contributed by atoms with van der Waals surface area (Å²) in [6.07, 6.45) is 16.5. The molecule has 266 valence electrons. The molecule has 0 unspecified atom stereocenters. The molecule has 1 aliphatic carbocycles. The van der Waals surface area contributed by atoms with Crippen LogP contribution in [-0.4, -0.2) is 105 Å². The van der Waals surface area contributed by atoms with Gasteiger partial charge in [0, 0.05) is 69.6 Å². The Labute approximate surface area is 289 Å². The largest absolute Gasteiger partial charge is 0.381 e. The maximum Gasteiger partial charge on any atom is 0.229 e. The van der Waals surface area contributed by atoms with Gasteiger partial charge >= 0.3 is 0 Å². The molecule has 1 aromatic carbocycles. The first-order valence-electron chi connectivity index (χ1n) is 17.1. The lowest BCUT2D eigenvalue weighted by atomic mass is 9.76. The highest BCUT2D eigenvalue weighted by molar-refractivity contribution is 5.98. The summed E-state index contributed by atoms with van der Waals surface area (Å²) in [6.45, 7) is 5.34. The minimum absolute atomic E-state index is 0.00676. The second-order valence-electron chi connectivity index (χ2n) is 13.4. The van der Waals surface area contributed by atoms with E-state index >= 15 is 0 Å². The van der Waals surface area contributed by atoms with Gasteiger partial charge in [-0.2, -0.15) is 10.2 Å². The van der Waals surface area contributed by atoms with Crippen LogP contribution < -0.4 is 4.90 Å². The molecule has 16 heteroatoms. The number of hydrogen-bond acceptors (Lipinski definition) is 11. The van der Waals surface area contributed by atoms with Crippen LogP contribution in [0.4, 0.5) is 14.7 Å². The fourth-order valence-corrected chi connectivity index (χ4v) is 7.25. The quantitative estimate of drug-likeness (QED) is 0.183. The third kappa shape index (κ3) is 8.71. The number of unbranched alkanes of at least 4 members (excludes halogenated alkanes) is 1. The zero-order chi connectivity index (χ0) is 35.0. The summed E-state index contributed by atoms with van der Waals surface area (Å²) in [7, 11) is 0. The van der Waals surface area contributed by atoms with Crippen molar-refractivity contribution in [3.8, 4) is 0 Å². The molecule has 2 amide bonds. The van der Waals surface area contributed by atoms with E-state index in [0.29, 0.717) is 19.4 Å². The summed E-state index contributed by atoms with van der Waals surface area (Å²) in [5.41, 5.74) is -1.74. The van der Waals surface area contributed by atoms with Gasteiger partial charge in [0.1, 0.15) is 42.5 Å².